The van der Waals surface area contributed by atoms with Crippen LogP contribution in [0.2, 0.25) is 0 Å². The van der Waals surface area contributed by atoms with Crippen molar-refractivity contribution in [2.24, 2.45) is 0 Å². The van der Waals surface area contributed by atoms with Gasteiger partial charge in [0.2, 0.25) is 5.95 Å². The molecule has 7 nitrogen and oxygen atoms in total. The second kappa shape index (κ2) is 8.45. The maximum absolute atomic E-state index is 13.6. The molecule has 8 heteroatoms. The van der Waals surface area contributed by atoms with Crippen molar-refractivity contribution >= 4 is 11.9 Å². The number of rotatable bonds is 4. The van der Waals surface area contributed by atoms with Crippen LogP contribution in [-0.4, -0.2) is 57.2 Å². The van der Waals surface area contributed by atoms with Gasteiger partial charge in [0.25, 0.3) is 5.91 Å². The molecule has 0 radical (unpaired) electrons. The Hall–Kier alpha value is -3.29. The largest absolute Gasteiger partial charge is 0.341 e. The van der Waals surface area contributed by atoms with Crippen molar-refractivity contribution in [1.29, 1.82) is 0 Å². The predicted octanol–water partition coefficient (Wildman–Crippen LogP) is 3.63. The Labute approximate surface area is 180 Å². The summed E-state index contributed by atoms with van der Waals surface area (Å²) in [6, 6.07) is 7.80. The zero-order valence-corrected chi connectivity index (χ0v) is 17.3. The molecule has 2 saturated heterocycles. The lowest BCUT2D eigenvalue weighted by atomic mass is 9.91. The minimum atomic E-state index is -0.396. The summed E-state index contributed by atoms with van der Waals surface area (Å²) in [5, 5.41) is 7.44. The Kier molecular flexibility index (Phi) is 5.36. The second-order valence-corrected chi connectivity index (χ2v) is 8.23. The number of nitrogens with zero attached hydrogens (tertiary/aromatic N) is 5. The average Bonchev–Trinajstić information content (AvgIpc) is 3.51. The summed E-state index contributed by atoms with van der Waals surface area (Å²) in [6.07, 6.45) is 7.77. The lowest BCUT2D eigenvalue weighted by Gasteiger charge is -2.32. The van der Waals surface area contributed by atoms with Crippen LogP contribution >= 0.6 is 0 Å². The van der Waals surface area contributed by atoms with Crippen molar-refractivity contribution < 1.29 is 9.18 Å². The molecule has 2 aromatic heterocycles. The second-order valence-electron chi connectivity index (χ2n) is 8.23. The number of anilines is 1. The van der Waals surface area contributed by atoms with E-state index in [2.05, 4.69) is 20.1 Å². The van der Waals surface area contributed by atoms with Crippen LogP contribution in [0.25, 0.3) is 11.3 Å². The highest BCUT2D eigenvalue weighted by molar-refractivity contribution is 5.94. The lowest BCUT2D eigenvalue weighted by molar-refractivity contribution is 0.0705. The summed E-state index contributed by atoms with van der Waals surface area (Å²) in [4.78, 5) is 26.2. The Morgan fingerprint density at radius 2 is 2.00 bits per heavy atom. The number of hydrogen-bond donors (Lipinski definition) is 1. The lowest BCUT2D eigenvalue weighted by Crippen LogP contribution is -2.39. The van der Waals surface area contributed by atoms with Crippen LogP contribution in [-0.2, 0) is 0 Å². The first kappa shape index (κ1) is 19.7. The number of hydrogen-bond acceptors (Lipinski definition) is 5. The highest BCUT2D eigenvalue weighted by atomic mass is 19.1. The van der Waals surface area contributed by atoms with Gasteiger partial charge in [0, 0.05) is 55.1 Å². The third-order valence-corrected chi connectivity index (χ3v) is 6.16. The number of carbonyl (C=O) groups is 1. The van der Waals surface area contributed by atoms with Crippen LogP contribution in [0.15, 0.2) is 42.7 Å². The molecule has 1 amide bonds. The smallest absolute Gasteiger partial charge is 0.253 e. The summed E-state index contributed by atoms with van der Waals surface area (Å²) in [5.41, 5.74) is 3.17. The normalized spacial score (nSPS) is 19.1. The fourth-order valence-corrected chi connectivity index (χ4v) is 4.58. The molecule has 0 spiro atoms. The van der Waals surface area contributed by atoms with E-state index in [0.717, 1.165) is 48.8 Å². The molecule has 0 saturated carbocycles. The molecule has 2 fully saturated rings. The summed E-state index contributed by atoms with van der Waals surface area (Å²) < 4.78 is 13.6. The first-order valence-corrected chi connectivity index (χ1v) is 10.9. The van der Waals surface area contributed by atoms with Gasteiger partial charge in [0.15, 0.2) is 0 Å². The summed E-state index contributed by atoms with van der Waals surface area (Å²) in [5.74, 6) is 0.346. The van der Waals surface area contributed by atoms with Crippen molar-refractivity contribution in [2.45, 2.75) is 31.6 Å². The molecule has 1 unspecified atom stereocenters. The van der Waals surface area contributed by atoms with E-state index in [1.165, 1.54) is 25.0 Å². The number of benzene rings is 1. The maximum Gasteiger partial charge on any atom is 0.253 e. The van der Waals surface area contributed by atoms with Crippen LogP contribution in [0.1, 0.15) is 47.7 Å². The van der Waals surface area contributed by atoms with Crippen molar-refractivity contribution in [3.8, 4) is 11.3 Å². The maximum atomic E-state index is 13.6. The van der Waals surface area contributed by atoms with Gasteiger partial charge in [-0.15, -0.1) is 0 Å². The van der Waals surface area contributed by atoms with Gasteiger partial charge in [-0.2, -0.15) is 5.10 Å². The zero-order chi connectivity index (χ0) is 21.2. The molecule has 160 valence electrons. The molecule has 2 aliphatic heterocycles. The van der Waals surface area contributed by atoms with E-state index >= 15 is 0 Å². The van der Waals surface area contributed by atoms with Gasteiger partial charge in [-0.1, -0.05) is 6.07 Å². The van der Waals surface area contributed by atoms with Crippen molar-refractivity contribution in [3.05, 3.63) is 59.8 Å². The molecular formula is C23H25FN6O. The number of aromatic amines is 1. The van der Waals surface area contributed by atoms with Gasteiger partial charge >= 0.3 is 0 Å². The quantitative estimate of drug-likeness (QED) is 0.697. The molecule has 1 aromatic carbocycles. The average molecular weight is 420 g/mol. The predicted molar refractivity (Wildman–Crippen MR) is 115 cm³/mol. The molecule has 5 rings (SSSR count). The van der Waals surface area contributed by atoms with Gasteiger partial charge in [-0.3, -0.25) is 9.89 Å². The first-order valence-electron chi connectivity index (χ1n) is 10.9. The molecular weight excluding hydrogens is 395 g/mol. The number of carbonyl (C=O) groups excluding carboxylic acids is 1. The van der Waals surface area contributed by atoms with Gasteiger partial charge in [0.05, 0.1) is 11.9 Å². The molecule has 1 N–H and O–H groups in total. The molecule has 3 aromatic rings. The highest BCUT2D eigenvalue weighted by Gasteiger charge is 2.29. The van der Waals surface area contributed by atoms with Crippen LogP contribution in [0.3, 0.4) is 0 Å². The van der Waals surface area contributed by atoms with Crippen molar-refractivity contribution in [2.75, 3.05) is 31.1 Å². The van der Waals surface area contributed by atoms with E-state index in [1.807, 2.05) is 11.0 Å². The molecule has 31 heavy (non-hydrogen) atoms. The van der Waals surface area contributed by atoms with Crippen LogP contribution in [0, 0.1) is 5.82 Å². The van der Waals surface area contributed by atoms with Gasteiger partial charge < -0.3 is 9.80 Å². The van der Waals surface area contributed by atoms with E-state index in [-0.39, 0.29) is 11.8 Å². The molecule has 0 aliphatic carbocycles. The van der Waals surface area contributed by atoms with Crippen LogP contribution in [0.4, 0.5) is 10.3 Å². The van der Waals surface area contributed by atoms with E-state index in [9.17, 15) is 9.18 Å². The fourth-order valence-electron chi connectivity index (χ4n) is 4.58. The Balaban J connectivity index is 1.38. The topological polar surface area (TPSA) is 78.0 Å². The SMILES string of the molecule is O=C(c1cccc(F)c1)N1CCCC(c2[nH]ncc2-c2ccnc(N3CCCC3)n2)C1. The zero-order valence-electron chi connectivity index (χ0n) is 17.3. The van der Waals surface area contributed by atoms with E-state index < -0.39 is 5.82 Å². The number of amides is 1. The van der Waals surface area contributed by atoms with Crippen molar-refractivity contribution in [3.63, 3.8) is 0 Å². The van der Waals surface area contributed by atoms with Crippen LogP contribution in [0.5, 0.6) is 0 Å². The summed E-state index contributed by atoms with van der Waals surface area (Å²) in [7, 11) is 0. The first-order chi connectivity index (χ1) is 15.2. The molecule has 2 aliphatic rings. The van der Waals surface area contributed by atoms with E-state index in [4.69, 9.17) is 4.98 Å². The summed E-state index contributed by atoms with van der Waals surface area (Å²) >= 11 is 0. The summed E-state index contributed by atoms with van der Waals surface area (Å²) in [6.45, 7) is 3.21. The van der Waals surface area contributed by atoms with E-state index in [0.29, 0.717) is 18.7 Å². The number of H-pyrrole nitrogens is 1. The van der Waals surface area contributed by atoms with Gasteiger partial charge in [0.1, 0.15) is 5.82 Å². The number of nitrogens with one attached hydrogen (secondary N) is 1. The molecule has 4 heterocycles. The Morgan fingerprint density at radius 3 is 2.84 bits per heavy atom. The number of aromatic nitrogens is 4. The fraction of sp³-hybridized carbons (Fsp3) is 0.391. The third-order valence-electron chi connectivity index (χ3n) is 6.16. The monoisotopic (exact) mass is 420 g/mol. The third kappa shape index (κ3) is 4.02. The van der Waals surface area contributed by atoms with Crippen molar-refractivity contribution in [1.82, 2.24) is 25.1 Å². The van der Waals surface area contributed by atoms with Crippen LogP contribution < -0.4 is 4.90 Å². The highest BCUT2D eigenvalue weighted by Crippen LogP contribution is 2.33. The minimum absolute atomic E-state index is 0.119. The van der Waals surface area contributed by atoms with Gasteiger partial charge in [-0.25, -0.2) is 14.4 Å². The van der Waals surface area contributed by atoms with Gasteiger partial charge in [-0.05, 0) is 49.9 Å². The number of piperidine rings is 1. The Morgan fingerprint density at radius 1 is 1.13 bits per heavy atom. The number of likely N-dealkylation sites (tertiary alicyclic amines) is 1. The van der Waals surface area contributed by atoms with E-state index in [1.54, 1.807) is 24.5 Å². The molecule has 0 bridgehead atoms. The Bertz CT molecular complexity index is 1080. The molecule has 1 atom stereocenters. The number of halogens is 1. The standard InChI is InChI=1S/C23H25FN6O/c24-18-7-3-5-16(13-18)22(31)30-12-4-6-17(15-30)21-19(14-26-28-21)20-8-9-25-23(27-20)29-10-1-2-11-29/h3,5,7-9,13-14,17H,1-2,4,6,10-12,15H2,(H,26,28). The minimum Gasteiger partial charge on any atom is -0.341 e.